The molecule has 0 aliphatic heterocycles. The largest absolute Gasteiger partial charge is 0.476 e. The molecule has 0 radical (unpaired) electrons. The number of carboxylic acid groups (broad SMARTS) is 1. The summed E-state index contributed by atoms with van der Waals surface area (Å²) >= 11 is 22.6. The number of carbonyl (C=O) groups excluding carboxylic acids is 1. The fourth-order valence-electron chi connectivity index (χ4n) is 5.20. The van der Waals surface area contributed by atoms with Crippen LogP contribution in [-0.4, -0.2) is 67.8 Å². The van der Waals surface area contributed by atoms with Crippen molar-refractivity contribution in [3.63, 3.8) is 0 Å². The number of benzene rings is 2. The molecule has 0 saturated heterocycles. The van der Waals surface area contributed by atoms with Gasteiger partial charge in [-0.1, -0.05) is 46.4 Å². The van der Waals surface area contributed by atoms with Crippen molar-refractivity contribution >= 4 is 101 Å². The molecule has 0 aliphatic carbocycles. The van der Waals surface area contributed by atoms with Crippen molar-refractivity contribution in [3.8, 4) is 0 Å². The topological polar surface area (TPSA) is 214 Å². The second-order valence-corrected chi connectivity index (χ2v) is 18.5. The number of aromatic carboxylic acids is 1. The van der Waals surface area contributed by atoms with Gasteiger partial charge in [0.1, 0.15) is 11.6 Å². The number of amides is 1. The summed E-state index contributed by atoms with van der Waals surface area (Å²) in [6.07, 6.45) is -4.34. The highest BCUT2D eigenvalue weighted by Crippen LogP contribution is 2.38. The van der Waals surface area contributed by atoms with Gasteiger partial charge in [-0.15, -0.1) is 0 Å². The van der Waals surface area contributed by atoms with Crippen molar-refractivity contribution in [1.82, 2.24) is 19.9 Å². The van der Waals surface area contributed by atoms with E-state index < -0.39 is 86.6 Å². The second-order valence-electron chi connectivity index (χ2n) is 13.4. The number of sulfonamides is 2. The molecular weight excluding hydrogens is 1020 g/mol. The van der Waals surface area contributed by atoms with Gasteiger partial charge in [0.25, 0.3) is 26.0 Å². The second kappa shape index (κ2) is 21.8. The highest BCUT2D eigenvalue weighted by atomic mass is 35.5. The van der Waals surface area contributed by atoms with Gasteiger partial charge in [-0.3, -0.25) is 19.1 Å². The number of hydrogen-bond donors (Lipinski definition) is 4. The summed E-state index contributed by atoms with van der Waals surface area (Å²) in [5.74, 6) is -1.08. The van der Waals surface area contributed by atoms with Crippen LogP contribution in [0.2, 0.25) is 20.1 Å². The number of pyridine rings is 4. The van der Waals surface area contributed by atoms with Gasteiger partial charge in [0.05, 0.1) is 52.4 Å². The standard InChI is InChI=1S/C20H15Cl2F3N4O3S.C13H7Cl2F3N2O4S.C7H10N2/c1-11-5-6-26-17(7-11)29(2)19(30)18-16(8-12(21)10-27-18)28-33(31,32)13-3-4-15(22)14(9-13)20(23,24)25;14-6-3-10(11(12(21)22)19-5-6)20-25(23,24)7-1-2-9(15)8(4-7)13(16,17)18;1-6-3-4-9-7(5-6)8-2/h3-10,28H,1-2H3;1-5,20H,(H,21,22);3-5H,1-2H3,(H,8,9). The van der Waals surface area contributed by atoms with Crippen LogP contribution in [0.4, 0.5) is 49.4 Å². The van der Waals surface area contributed by atoms with Gasteiger partial charge in [0.15, 0.2) is 11.4 Å². The zero-order valence-corrected chi connectivity index (χ0v) is 39.1. The van der Waals surface area contributed by atoms with E-state index in [0.717, 1.165) is 65.1 Å². The predicted molar refractivity (Wildman–Crippen MR) is 240 cm³/mol. The monoisotopic (exact) mass is 1050 g/mol. The van der Waals surface area contributed by atoms with Gasteiger partial charge in [0, 0.05) is 38.9 Å². The van der Waals surface area contributed by atoms with Crippen molar-refractivity contribution in [1.29, 1.82) is 0 Å². The Labute approximate surface area is 398 Å². The zero-order valence-electron chi connectivity index (χ0n) is 34.5. The van der Waals surface area contributed by atoms with Gasteiger partial charge in [-0.2, -0.15) is 26.3 Å². The normalized spacial score (nSPS) is 11.6. The van der Waals surface area contributed by atoms with E-state index in [-0.39, 0.29) is 27.2 Å². The summed E-state index contributed by atoms with van der Waals surface area (Å²) in [4.78, 5) is 39.3. The first-order valence-electron chi connectivity index (χ1n) is 18.2. The molecule has 67 heavy (non-hydrogen) atoms. The smallest absolute Gasteiger partial charge is 0.417 e. The molecule has 0 spiro atoms. The lowest BCUT2D eigenvalue weighted by atomic mass is 10.2. The van der Waals surface area contributed by atoms with E-state index in [2.05, 4.69) is 30.0 Å². The van der Waals surface area contributed by atoms with Crippen LogP contribution in [0.25, 0.3) is 0 Å². The van der Waals surface area contributed by atoms with Crippen molar-refractivity contribution in [2.45, 2.75) is 36.0 Å². The van der Waals surface area contributed by atoms with Crippen LogP contribution in [0.1, 0.15) is 43.2 Å². The Morgan fingerprint density at radius 1 is 0.627 bits per heavy atom. The number of nitrogens with zero attached hydrogens (tertiary/aromatic N) is 5. The molecule has 356 valence electrons. The summed E-state index contributed by atoms with van der Waals surface area (Å²) in [6, 6.07) is 13.5. The number of hydrogen-bond acceptors (Lipinski definition) is 11. The van der Waals surface area contributed by atoms with Gasteiger partial charge in [0.2, 0.25) is 0 Å². The molecule has 2 aromatic carbocycles. The van der Waals surface area contributed by atoms with E-state index in [0.29, 0.717) is 12.1 Å². The molecule has 0 fully saturated rings. The highest BCUT2D eigenvalue weighted by Gasteiger charge is 2.36. The molecule has 6 rings (SSSR count). The number of alkyl halides is 6. The Morgan fingerprint density at radius 2 is 1.06 bits per heavy atom. The molecule has 0 bridgehead atoms. The van der Waals surface area contributed by atoms with Crippen LogP contribution in [-0.2, 0) is 32.4 Å². The first-order valence-corrected chi connectivity index (χ1v) is 22.7. The molecule has 4 N–H and O–H groups in total. The quantitative estimate of drug-likeness (QED) is 0.0944. The first kappa shape index (κ1) is 53.6. The number of carbonyl (C=O) groups is 2. The zero-order chi connectivity index (χ0) is 50.2. The number of halogens is 10. The minimum Gasteiger partial charge on any atom is -0.476 e. The Bertz CT molecular complexity index is 3040. The first-order chi connectivity index (χ1) is 31.0. The summed E-state index contributed by atoms with van der Waals surface area (Å²) in [6.45, 7) is 3.84. The van der Waals surface area contributed by atoms with Crippen LogP contribution < -0.4 is 19.7 Å². The molecule has 0 unspecified atom stereocenters. The molecule has 6 aromatic rings. The van der Waals surface area contributed by atoms with Gasteiger partial charge in [-0.05, 0) is 97.8 Å². The number of aromatic nitrogens is 4. The van der Waals surface area contributed by atoms with Crippen LogP contribution in [0, 0.1) is 13.8 Å². The van der Waals surface area contributed by atoms with Crippen LogP contribution in [0.15, 0.2) is 107 Å². The lowest BCUT2D eigenvalue weighted by molar-refractivity contribution is -0.138. The molecule has 15 nitrogen and oxygen atoms in total. The van der Waals surface area contributed by atoms with Crippen molar-refractivity contribution < 1.29 is 57.9 Å². The Morgan fingerprint density at radius 3 is 1.46 bits per heavy atom. The summed E-state index contributed by atoms with van der Waals surface area (Å²) in [5.41, 5.74) is -2.43. The molecule has 4 heterocycles. The lowest BCUT2D eigenvalue weighted by Gasteiger charge is -2.19. The van der Waals surface area contributed by atoms with Gasteiger partial charge in [-0.25, -0.2) is 41.6 Å². The molecule has 4 aromatic heterocycles. The summed E-state index contributed by atoms with van der Waals surface area (Å²) in [7, 11) is -5.86. The molecule has 0 saturated carbocycles. The van der Waals surface area contributed by atoms with E-state index >= 15 is 0 Å². The number of aryl methyl sites for hydroxylation is 2. The predicted octanol–water partition coefficient (Wildman–Crippen LogP) is 10.5. The van der Waals surface area contributed by atoms with Crippen LogP contribution >= 0.6 is 46.4 Å². The SMILES string of the molecule is CNc1cc(C)ccn1.Cc1ccnc(N(C)C(=O)c2ncc(Cl)cc2NS(=O)(=O)c2ccc(Cl)c(C(F)(F)F)c2)c1.O=C(O)c1ncc(Cl)cc1NS(=O)(=O)c1ccc(Cl)c(C(F)(F)F)c1. The van der Waals surface area contributed by atoms with E-state index in [1.54, 1.807) is 25.3 Å². The van der Waals surface area contributed by atoms with Crippen molar-refractivity contribution in [3.05, 3.63) is 151 Å². The number of rotatable bonds is 10. The third-order valence-corrected chi connectivity index (χ3v) is 12.2. The van der Waals surface area contributed by atoms with Gasteiger partial charge < -0.3 is 10.4 Å². The minimum atomic E-state index is -4.87. The number of anilines is 4. The highest BCUT2D eigenvalue weighted by molar-refractivity contribution is 7.93. The summed E-state index contributed by atoms with van der Waals surface area (Å²) in [5, 5.41) is 10.5. The van der Waals surface area contributed by atoms with E-state index in [9.17, 15) is 52.8 Å². The fourth-order valence-corrected chi connectivity index (χ4v) is 8.13. The molecule has 27 heteroatoms. The van der Waals surface area contributed by atoms with Crippen LogP contribution in [0.5, 0.6) is 0 Å². The molecule has 1 amide bonds. The Hall–Kier alpha value is -5.98. The van der Waals surface area contributed by atoms with E-state index in [1.807, 2.05) is 30.8 Å². The average Bonchev–Trinajstić information content (AvgIpc) is 3.22. The van der Waals surface area contributed by atoms with E-state index in [1.165, 1.54) is 18.8 Å². The van der Waals surface area contributed by atoms with E-state index in [4.69, 9.17) is 51.5 Å². The number of nitrogens with one attached hydrogen (secondary N) is 3. The number of carboxylic acids is 1. The minimum absolute atomic E-state index is 0.00679. The maximum atomic E-state index is 13.2. The maximum absolute atomic E-state index is 13.2. The molecular formula is C40H32Cl4F6N8O7S2. The summed E-state index contributed by atoms with van der Waals surface area (Å²) < 4.78 is 132. The third-order valence-electron chi connectivity index (χ3n) is 8.43. The lowest BCUT2D eigenvalue weighted by Crippen LogP contribution is -2.29. The van der Waals surface area contributed by atoms with Crippen molar-refractivity contribution in [2.75, 3.05) is 33.8 Å². The Kier molecular flexibility index (Phi) is 17.4. The fraction of sp³-hybridized carbons (Fsp3) is 0.150. The maximum Gasteiger partial charge on any atom is 0.417 e. The average molecular weight is 1060 g/mol. The molecule has 0 aliphatic rings. The van der Waals surface area contributed by atoms with Gasteiger partial charge >= 0.3 is 18.3 Å². The molecule has 0 atom stereocenters. The van der Waals surface area contributed by atoms with Crippen molar-refractivity contribution in [2.24, 2.45) is 0 Å². The van der Waals surface area contributed by atoms with Crippen LogP contribution in [0.3, 0.4) is 0 Å². The third kappa shape index (κ3) is 14.5. The Balaban J connectivity index is 0.000000253.